The number of hydrogen-bond acceptors (Lipinski definition) is 6. The molecule has 2 N–H and O–H groups in total. The molecule has 0 fully saturated rings. The Morgan fingerprint density at radius 3 is 1.27 bits per heavy atom. The number of likely N-dealkylation sites (N-methyl/N-ethyl adjacent to an activating group) is 1. The molecule has 0 radical (unpaired) electrons. The average molecular weight is 996 g/mol. The van der Waals surface area contributed by atoms with Crippen LogP contribution < -0.4 is 10.2 Å². The van der Waals surface area contributed by atoms with E-state index >= 15 is 0 Å². The third-order valence-electron chi connectivity index (χ3n) is 12.0. The van der Waals surface area contributed by atoms with Crippen LogP contribution in [0.1, 0.15) is 219 Å². The minimum absolute atomic E-state index is 0.00456. The number of aliphatic hydroxyl groups excluding tert-OH is 1. The summed E-state index contributed by atoms with van der Waals surface area (Å²) in [5, 5.41) is 13.7. The highest BCUT2D eigenvalue weighted by Crippen LogP contribution is 2.38. The monoisotopic (exact) mass is 995 g/mol. The summed E-state index contributed by atoms with van der Waals surface area (Å²) >= 11 is 0. The summed E-state index contributed by atoms with van der Waals surface area (Å²) in [5.74, 6) is -0.205. The number of allylic oxidation sites excluding steroid dienone is 17. The first-order valence-corrected chi connectivity index (χ1v) is 29.7. The Morgan fingerprint density at radius 2 is 0.871 bits per heavy atom. The van der Waals surface area contributed by atoms with Gasteiger partial charge in [-0.3, -0.25) is 9.36 Å². The van der Waals surface area contributed by atoms with Gasteiger partial charge in [0.1, 0.15) is 13.2 Å². The maximum absolute atomic E-state index is 12.8. The lowest BCUT2D eigenvalue weighted by molar-refractivity contribution is -0.870. The highest BCUT2D eigenvalue weighted by molar-refractivity contribution is 7.45. The maximum Gasteiger partial charge on any atom is 0.268 e. The second-order valence-corrected chi connectivity index (χ2v) is 21.3. The van der Waals surface area contributed by atoms with Gasteiger partial charge in [-0.15, -0.1) is 0 Å². The minimum atomic E-state index is -4.58. The second-order valence-electron chi connectivity index (χ2n) is 19.9. The number of rotatable bonds is 50. The number of unbranched alkanes of at least 4 members (excludes halogenated alkanes) is 21. The van der Waals surface area contributed by atoms with Crippen molar-refractivity contribution in [2.75, 3.05) is 40.9 Å². The maximum atomic E-state index is 12.8. The van der Waals surface area contributed by atoms with Crippen LogP contribution in [0.5, 0.6) is 0 Å². The molecule has 0 aliphatic carbocycles. The number of amides is 1. The van der Waals surface area contributed by atoms with Crippen molar-refractivity contribution in [3.63, 3.8) is 0 Å². The number of phosphoric acid groups is 1. The molecule has 0 rings (SSSR count). The number of hydrogen-bond donors (Lipinski definition) is 2. The Labute approximate surface area is 431 Å². The van der Waals surface area contributed by atoms with Gasteiger partial charge < -0.3 is 28.8 Å². The van der Waals surface area contributed by atoms with Crippen LogP contribution >= 0.6 is 7.82 Å². The van der Waals surface area contributed by atoms with Crippen molar-refractivity contribution in [1.82, 2.24) is 5.32 Å². The third kappa shape index (κ3) is 53.0. The zero-order valence-electron chi connectivity index (χ0n) is 45.7. The van der Waals surface area contributed by atoms with E-state index in [0.717, 1.165) is 89.9 Å². The van der Waals surface area contributed by atoms with Crippen LogP contribution in [-0.4, -0.2) is 68.5 Å². The zero-order chi connectivity index (χ0) is 51.3. The van der Waals surface area contributed by atoms with Gasteiger partial charge in [-0.1, -0.05) is 239 Å². The number of aliphatic hydroxyl groups is 1. The van der Waals surface area contributed by atoms with Crippen molar-refractivity contribution >= 4 is 13.7 Å². The number of quaternary nitrogens is 1. The lowest BCUT2D eigenvalue weighted by Gasteiger charge is -2.29. The van der Waals surface area contributed by atoms with Gasteiger partial charge in [0.15, 0.2) is 0 Å². The van der Waals surface area contributed by atoms with Crippen molar-refractivity contribution in [2.45, 2.75) is 231 Å². The van der Waals surface area contributed by atoms with Gasteiger partial charge in [-0.25, -0.2) is 0 Å². The molecule has 3 atom stereocenters. The first-order chi connectivity index (χ1) is 34.0. The fraction of sp³-hybridized carbons (Fsp3) is 0.689. The van der Waals surface area contributed by atoms with E-state index in [1.54, 1.807) is 6.08 Å². The number of nitrogens with one attached hydrogen (secondary N) is 1. The Balaban J connectivity index is 3.86. The van der Waals surface area contributed by atoms with Crippen molar-refractivity contribution < 1.29 is 32.9 Å². The summed E-state index contributed by atoms with van der Waals surface area (Å²) < 4.78 is 23.1. The number of carbonyl (C=O) groups is 1. The summed E-state index contributed by atoms with van der Waals surface area (Å²) in [7, 11) is 1.25. The summed E-state index contributed by atoms with van der Waals surface area (Å²) in [6.45, 7) is 4.46. The first-order valence-electron chi connectivity index (χ1n) is 28.2. The summed E-state index contributed by atoms with van der Waals surface area (Å²) in [6.07, 6.45) is 74.9. The Morgan fingerprint density at radius 1 is 0.514 bits per heavy atom. The highest BCUT2D eigenvalue weighted by Gasteiger charge is 2.23. The van der Waals surface area contributed by atoms with E-state index in [-0.39, 0.29) is 19.1 Å². The van der Waals surface area contributed by atoms with Gasteiger partial charge in [0.25, 0.3) is 7.82 Å². The molecule has 8 nitrogen and oxygen atoms in total. The SMILES string of the molecule is CC/C=C\C/C=C\C/C=C\C/C=C\C/C=C\C/C=C\C/C=C\C/C=C\CCCCCCCCCCCCCCCCCCC(=O)NC(COP(=O)([O-])OCC[N+](C)(C)C)C(O)/C=C/CCCCCCC. The van der Waals surface area contributed by atoms with Gasteiger partial charge in [0, 0.05) is 6.42 Å². The van der Waals surface area contributed by atoms with E-state index < -0.39 is 20.0 Å². The fourth-order valence-corrected chi connectivity index (χ4v) is 8.30. The predicted molar refractivity (Wildman–Crippen MR) is 302 cm³/mol. The van der Waals surface area contributed by atoms with Gasteiger partial charge in [0.2, 0.25) is 5.91 Å². The molecule has 1 amide bonds. The molecule has 0 aromatic carbocycles. The van der Waals surface area contributed by atoms with Crippen LogP contribution in [0.15, 0.2) is 109 Å². The van der Waals surface area contributed by atoms with Crippen molar-refractivity contribution in [1.29, 1.82) is 0 Å². The molecule has 0 aromatic heterocycles. The molecule has 0 bridgehead atoms. The topological polar surface area (TPSA) is 108 Å². The lowest BCUT2D eigenvalue weighted by Crippen LogP contribution is -2.45. The van der Waals surface area contributed by atoms with Crippen molar-refractivity contribution in [2.24, 2.45) is 0 Å². The molecule has 3 unspecified atom stereocenters. The van der Waals surface area contributed by atoms with Crippen molar-refractivity contribution in [3.05, 3.63) is 109 Å². The van der Waals surface area contributed by atoms with Crippen LogP contribution in [0.2, 0.25) is 0 Å². The molecule has 0 aliphatic heterocycles. The Kier molecular flexibility index (Phi) is 49.0. The molecule has 402 valence electrons. The van der Waals surface area contributed by atoms with Crippen LogP contribution in [0.3, 0.4) is 0 Å². The molecule has 0 spiro atoms. The minimum Gasteiger partial charge on any atom is -0.756 e. The Hall–Kier alpha value is -2.84. The van der Waals surface area contributed by atoms with E-state index in [2.05, 4.69) is 116 Å². The van der Waals surface area contributed by atoms with Gasteiger partial charge in [0.05, 0.1) is 39.9 Å². The number of nitrogens with zero attached hydrogens (tertiary/aromatic N) is 1. The van der Waals surface area contributed by atoms with Crippen LogP contribution in [0, 0.1) is 0 Å². The summed E-state index contributed by atoms with van der Waals surface area (Å²) in [4.78, 5) is 25.3. The van der Waals surface area contributed by atoms with E-state index in [1.165, 1.54) is 109 Å². The highest BCUT2D eigenvalue weighted by atomic mass is 31.2. The molecule has 0 aromatic rings. The Bertz CT molecular complexity index is 1500. The van der Waals surface area contributed by atoms with E-state index in [1.807, 2.05) is 27.2 Å². The molecule has 0 aliphatic rings. The molecular weight excluding hydrogens is 888 g/mol. The molecule has 0 heterocycles. The van der Waals surface area contributed by atoms with Crippen molar-refractivity contribution in [3.8, 4) is 0 Å². The zero-order valence-corrected chi connectivity index (χ0v) is 46.6. The molecule has 0 saturated carbocycles. The largest absolute Gasteiger partial charge is 0.756 e. The fourth-order valence-electron chi connectivity index (χ4n) is 7.58. The lowest BCUT2D eigenvalue weighted by atomic mass is 10.0. The van der Waals surface area contributed by atoms with Gasteiger partial charge in [-0.2, -0.15) is 0 Å². The smallest absolute Gasteiger partial charge is 0.268 e. The van der Waals surface area contributed by atoms with E-state index in [4.69, 9.17) is 9.05 Å². The predicted octanol–water partition coefficient (Wildman–Crippen LogP) is 16.6. The standard InChI is InChI=1S/C61H107N2O6P/c1-6-8-10-12-14-15-16-17-18-19-20-21-22-23-24-25-26-27-28-29-30-31-32-33-34-35-36-37-38-39-40-41-42-43-44-45-46-47-49-51-53-55-61(65)62-59(60(64)54-52-50-48-13-11-9-7-2)58-69-70(66,67)68-57-56-63(3,4)5/h8,10,14-15,17-18,20-21,23-24,26-27,29-30,32-33,52,54,59-60,64H,6-7,9,11-13,16,19,22,25,28,31,34-51,53,55-58H2,1-5H3,(H-,62,65,66,67)/b10-8-,15-14-,18-17-,21-20-,24-23-,27-26-,30-29-,33-32-,54-52+. The third-order valence-corrected chi connectivity index (χ3v) is 13.0. The van der Waals surface area contributed by atoms with Gasteiger partial charge in [-0.05, 0) is 83.5 Å². The normalized spacial score (nSPS) is 14.8. The number of carbonyl (C=O) groups excluding carboxylic acids is 1. The van der Waals surface area contributed by atoms with E-state index in [9.17, 15) is 19.4 Å². The molecule has 0 saturated heterocycles. The summed E-state index contributed by atoms with van der Waals surface area (Å²) in [6, 6.07) is -0.887. The number of phosphoric ester groups is 1. The molecular formula is C61H107N2O6P. The van der Waals surface area contributed by atoms with Gasteiger partial charge >= 0.3 is 0 Å². The first kappa shape index (κ1) is 67.2. The van der Waals surface area contributed by atoms with E-state index in [0.29, 0.717) is 17.4 Å². The quantitative estimate of drug-likeness (QED) is 0.0272. The molecule has 70 heavy (non-hydrogen) atoms. The summed E-state index contributed by atoms with van der Waals surface area (Å²) in [5.41, 5.74) is 0. The van der Waals surface area contributed by atoms with Crippen LogP contribution in [0.4, 0.5) is 0 Å². The van der Waals surface area contributed by atoms with Crippen LogP contribution in [0.25, 0.3) is 0 Å². The average Bonchev–Trinajstić information content (AvgIpc) is 3.32. The second kappa shape index (κ2) is 51.1. The van der Waals surface area contributed by atoms with Crippen LogP contribution in [-0.2, 0) is 18.4 Å². The molecule has 9 heteroatoms.